The monoisotopic (exact) mass is 245 g/mol. The summed E-state index contributed by atoms with van der Waals surface area (Å²) < 4.78 is 0. The summed E-state index contributed by atoms with van der Waals surface area (Å²) in [5.41, 5.74) is 5.24. The predicted octanol–water partition coefficient (Wildman–Crippen LogP) is -1.79. The van der Waals surface area contributed by atoms with Crippen molar-refractivity contribution in [1.82, 2.24) is 10.2 Å². The molecule has 0 saturated carbocycles. The number of aliphatic hydroxyl groups is 1. The molecule has 0 bridgehead atoms. The van der Waals surface area contributed by atoms with Crippen LogP contribution in [0.15, 0.2) is 0 Å². The summed E-state index contributed by atoms with van der Waals surface area (Å²) in [6.45, 7) is 2.78. The summed E-state index contributed by atoms with van der Waals surface area (Å²) in [6.07, 6.45) is 0.493. The van der Waals surface area contributed by atoms with Crippen LogP contribution in [0, 0.1) is 0 Å². The molecule has 0 aromatic heterocycles. The first-order valence-corrected chi connectivity index (χ1v) is 5.41. The third-order valence-electron chi connectivity index (χ3n) is 2.22. The maximum absolute atomic E-state index is 11.6. The van der Waals surface area contributed by atoms with Gasteiger partial charge in [-0.2, -0.15) is 0 Å². The van der Waals surface area contributed by atoms with Crippen molar-refractivity contribution in [1.29, 1.82) is 0 Å². The zero-order valence-corrected chi connectivity index (χ0v) is 10.1. The minimum Gasteiger partial charge on any atom is -0.394 e. The summed E-state index contributed by atoms with van der Waals surface area (Å²) in [5.74, 6) is -2.39. The lowest BCUT2D eigenvalue weighted by molar-refractivity contribution is -0.152. The SMILES string of the molecule is CCC(CO)NC(=O)C(=O)N(CCN)C(C)=O. The highest BCUT2D eigenvalue weighted by molar-refractivity contribution is 6.37. The minimum atomic E-state index is -0.949. The fraction of sp³-hybridized carbons (Fsp3) is 0.700. The first-order valence-electron chi connectivity index (χ1n) is 5.41. The van der Waals surface area contributed by atoms with Crippen molar-refractivity contribution < 1.29 is 19.5 Å². The van der Waals surface area contributed by atoms with E-state index >= 15 is 0 Å². The average Bonchev–Trinajstić information content (AvgIpc) is 2.31. The molecule has 7 heteroatoms. The van der Waals surface area contributed by atoms with Crippen molar-refractivity contribution in [3.05, 3.63) is 0 Å². The fourth-order valence-electron chi connectivity index (χ4n) is 1.18. The number of nitrogens with two attached hydrogens (primary N) is 1. The van der Waals surface area contributed by atoms with Crippen LogP contribution in [0.3, 0.4) is 0 Å². The van der Waals surface area contributed by atoms with Gasteiger partial charge in [0.25, 0.3) is 0 Å². The van der Waals surface area contributed by atoms with Gasteiger partial charge in [-0.3, -0.25) is 19.3 Å². The highest BCUT2D eigenvalue weighted by Gasteiger charge is 2.25. The molecule has 0 spiro atoms. The number of rotatable bonds is 5. The molecule has 1 unspecified atom stereocenters. The number of nitrogens with one attached hydrogen (secondary N) is 1. The van der Waals surface area contributed by atoms with E-state index in [-0.39, 0.29) is 19.7 Å². The summed E-state index contributed by atoms with van der Waals surface area (Å²) in [6, 6.07) is -0.488. The number of carbonyl (C=O) groups is 3. The van der Waals surface area contributed by atoms with Gasteiger partial charge in [-0.05, 0) is 6.42 Å². The van der Waals surface area contributed by atoms with Crippen molar-refractivity contribution in [2.45, 2.75) is 26.3 Å². The van der Waals surface area contributed by atoms with E-state index in [2.05, 4.69) is 5.32 Å². The molecule has 0 aliphatic carbocycles. The Morgan fingerprint density at radius 1 is 1.41 bits per heavy atom. The number of aliphatic hydroxyl groups excluding tert-OH is 1. The molecule has 0 aliphatic rings. The molecule has 0 saturated heterocycles. The van der Waals surface area contributed by atoms with Gasteiger partial charge in [0, 0.05) is 20.0 Å². The van der Waals surface area contributed by atoms with Crippen LogP contribution in [0.1, 0.15) is 20.3 Å². The molecule has 3 amide bonds. The number of amides is 3. The van der Waals surface area contributed by atoms with Crippen molar-refractivity contribution in [2.24, 2.45) is 5.73 Å². The van der Waals surface area contributed by atoms with Crippen LogP contribution in [-0.4, -0.2) is 53.5 Å². The van der Waals surface area contributed by atoms with E-state index in [0.717, 1.165) is 4.90 Å². The van der Waals surface area contributed by atoms with Gasteiger partial charge in [0.05, 0.1) is 12.6 Å². The smallest absolute Gasteiger partial charge is 0.318 e. The molecule has 0 rings (SSSR count). The van der Waals surface area contributed by atoms with E-state index in [4.69, 9.17) is 10.8 Å². The van der Waals surface area contributed by atoms with Crippen LogP contribution in [-0.2, 0) is 14.4 Å². The number of imide groups is 1. The Balaban J connectivity index is 4.55. The van der Waals surface area contributed by atoms with E-state index < -0.39 is 23.8 Å². The molecule has 1 atom stereocenters. The van der Waals surface area contributed by atoms with Crippen molar-refractivity contribution in [3.8, 4) is 0 Å². The molecule has 7 nitrogen and oxygen atoms in total. The first kappa shape index (κ1) is 15.5. The maximum atomic E-state index is 11.6. The standard InChI is InChI=1S/C10H19N3O4/c1-3-8(6-14)12-9(16)10(17)13(5-4-11)7(2)15/h8,14H,3-6,11H2,1-2H3,(H,12,16). The largest absolute Gasteiger partial charge is 0.394 e. The fourth-order valence-corrected chi connectivity index (χ4v) is 1.18. The topological polar surface area (TPSA) is 113 Å². The summed E-state index contributed by atoms with van der Waals surface area (Å²) in [5, 5.41) is 11.2. The second kappa shape index (κ2) is 7.75. The molecular weight excluding hydrogens is 226 g/mol. The molecule has 0 aromatic rings. The van der Waals surface area contributed by atoms with Gasteiger partial charge in [0.1, 0.15) is 0 Å². The summed E-state index contributed by atoms with van der Waals surface area (Å²) in [7, 11) is 0. The van der Waals surface area contributed by atoms with Crippen molar-refractivity contribution in [2.75, 3.05) is 19.7 Å². The molecule has 4 N–H and O–H groups in total. The quantitative estimate of drug-likeness (QED) is 0.495. The minimum absolute atomic E-state index is 0.00248. The van der Waals surface area contributed by atoms with Crippen LogP contribution >= 0.6 is 0 Å². The highest BCUT2D eigenvalue weighted by Crippen LogP contribution is 1.94. The van der Waals surface area contributed by atoms with Crippen molar-refractivity contribution >= 4 is 17.7 Å². The van der Waals surface area contributed by atoms with Gasteiger partial charge in [-0.1, -0.05) is 6.92 Å². The zero-order valence-electron chi connectivity index (χ0n) is 10.1. The zero-order chi connectivity index (χ0) is 13.4. The van der Waals surface area contributed by atoms with E-state index in [1.165, 1.54) is 6.92 Å². The molecule has 17 heavy (non-hydrogen) atoms. The number of carbonyl (C=O) groups excluding carboxylic acids is 3. The lowest BCUT2D eigenvalue weighted by Crippen LogP contribution is -2.50. The molecule has 0 fully saturated rings. The molecule has 0 radical (unpaired) electrons. The maximum Gasteiger partial charge on any atom is 0.318 e. The second-order valence-electron chi connectivity index (χ2n) is 3.53. The summed E-state index contributed by atoms with van der Waals surface area (Å²) >= 11 is 0. The van der Waals surface area contributed by atoms with Crippen LogP contribution < -0.4 is 11.1 Å². The van der Waals surface area contributed by atoms with Crippen LogP contribution in [0.25, 0.3) is 0 Å². The molecule has 98 valence electrons. The van der Waals surface area contributed by atoms with Gasteiger partial charge in [0.2, 0.25) is 5.91 Å². The van der Waals surface area contributed by atoms with E-state index in [1.54, 1.807) is 6.92 Å². The third kappa shape index (κ3) is 4.92. The Labute approximate surface area is 100.0 Å². The number of nitrogens with zero attached hydrogens (tertiary/aromatic N) is 1. The van der Waals surface area contributed by atoms with Gasteiger partial charge in [0.15, 0.2) is 0 Å². The van der Waals surface area contributed by atoms with E-state index in [1.807, 2.05) is 0 Å². The normalized spacial score (nSPS) is 11.8. The van der Waals surface area contributed by atoms with E-state index in [9.17, 15) is 14.4 Å². The number of hydrogen-bond donors (Lipinski definition) is 3. The average molecular weight is 245 g/mol. The number of hydrogen-bond acceptors (Lipinski definition) is 5. The summed E-state index contributed by atoms with van der Waals surface area (Å²) in [4.78, 5) is 35.0. The van der Waals surface area contributed by atoms with E-state index in [0.29, 0.717) is 6.42 Å². The van der Waals surface area contributed by atoms with Crippen LogP contribution in [0.4, 0.5) is 0 Å². The van der Waals surface area contributed by atoms with Gasteiger partial charge in [-0.15, -0.1) is 0 Å². The predicted molar refractivity (Wildman–Crippen MR) is 60.8 cm³/mol. The Bertz CT molecular complexity index is 289. The van der Waals surface area contributed by atoms with Crippen molar-refractivity contribution in [3.63, 3.8) is 0 Å². The van der Waals surface area contributed by atoms with Crippen LogP contribution in [0.5, 0.6) is 0 Å². The molecule has 0 aromatic carbocycles. The third-order valence-corrected chi connectivity index (χ3v) is 2.22. The highest BCUT2D eigenvalue weighted by atomic mass is 16.3. The Hall–Kier alpha value is -1.47. The molecule has 0 heterocycles. The van der Waals surface area contributed by atoms with Gasteiger partial charge >= 0.3 is 11.8 Å². The first-order chi connectivity index (χ1) is 7.97. The molecule has 0 aliphatic heterocycles. The Morgan fingerprint density at radius 2 is 2.00 bits per heavy atom. The lowest BCUT2D eigenvalue weighted by Gasteiger charge is -2.19. The second-order valence-corrected chi connectivity index (χ2v) is 3.53. The Kier molecular flexibility index (Phi) is 7.08. The van der Waals surface area contributed by atoms with Gasteiger partial charge in [-0.25, -0.2) is 0 Å². The Morgan fingerprint density at radius 3 is 2.35 bits per heavy atom. The van der Waals surface area contributed by atoms with Crippen LogP contribution in [0.2, 0.25) is 0 Å². The lowest BCUT2D eigenvalue weighted by atomic mass is 10.2. The van der Waals surface area contributed by atoms with Gasteiger partial charge < -0.3 is 16.2 Å². The molecular formula is C10H19N3O4.